The molecule has 0 unspecified atom stereocenters. The van der Waals surface area contributed by atoms with Gasteiger partial charge in [0.05, 0.1) is 18.0 Å². The van der Waals surface area contributed by atoms with Crippen molar-refractivity contribution < 1.29 is 0 Å². The minimum absolute atomic E-state index is 0.325. The summed E-state index contributed by atoms with van der Waals surface area (Å²) in [4.78, 5) is 12.2. The largest absolute Gasteiger partial charge is 0.278 e. The van der Waals surface area contributed by atoms with Gasteiger partial charge in [-0.15, -0.1) is 15.3 Å². The number of fused-ring (bicyclic) bond motifs is 1. The van der Waals surface area contributed by atoms with Crippen LogP contribution in [-0.4, -0.2) is 34.6 Å². The highest BCUT2D eigenvalue weighted by Crippen LogP contribution is 2.35. The highest BCUT2D eigenvalue weighted by Gasteiger charge is 2.18. The number of aryl methyl sites for hydroxylation is 3. The van der Waals surface area contributed by atoms with E-state index in [0.717, 1.165) is 5.69 Å². The van der Waals surface area contributed by atoms with Crippen LogP contribution in [0.5, 0.6) is 0 Å². The first-order valence-electron chi connectivity index (χ1n) is 7.80. The lowest BCUT2D eigenvalue weighted by atomic mass is 10.4. The number of H-pyrrole nitrogens is 1. The molecule has 4 heterocycles. The summed E-state index contributed by atoms with van der Waals surface area (Å²) in [6.45, 7) is 12.9. The van der Waals surface area contributed by atoms with Gasteiger partial charge in [-0.05, 0) is 32.9 Å². The molecule has 128 valence electrons. The lowest BCUT2D eigenvalue weighted by molar-refractivity contribution is 0.793. The van der Waals surface area contributed by atoms with E-state index < -0.39 is 0 Å². The van der Waals surface area contributed by atoms with Crippen molar-refractivity contribution in [3.05, 3.63) is 53.0 Å². The molecule has 4 aromatic rings. The molecule has 10 heteroatoms. The van der Waals surface area contributed by atoms with Crippen molar-refractivity contribution in [1.82, 2.24) is 34.6 Å². The molecule has 1 N–H and O–H groups in total. The number of hydrogen-bond donors (Lipinski definition) is 1. The molecule has 4 aromatic heterocycles. The molecule has 0 saturated carbocycles. The third-order valence-corrected chi connectivity index (χ3v) is 3.78. The summed E-state index contributed by atoms with van der Waals surface area (Å²) >= 11 is 0. The minimum Gasteiger partial charge on any atom is -0.278 e. The summed E-state index contributed by atoms with van der Waals surface area (Å²) < 4.78 is 3.07. The number of nitrogens with one attached hydrogen (secondary N) is 1. The van der Waals surface area contributed by atoms with E-state index in [9.17, 15) is 0 Å². The number of rotatable bonds is 3. The van der Waals surface area contributed by atoms with Gasteiger partial charge < -0.3 is 0 Å². The minimum atomic E-state index is 0.325. The van der Waals surface area contributed by atoms with Crippen LogP contribution in [0.15, 0.2) is 34.6 Å². The Morgan fingerprint density at radius 2 is 2.00 bits per heavy atom. The Hall–Kier alpha value is -3.87. The monoisotopic (exact) mass is 346 g/mol. The number of pyridine rings is 1. The number of aromatic nitrogens is 7. The number of azo groups is 1. The van der Waals surface area contributed by atoms with Crippen molar-refractivity contribution in [2.24, 2.45) is 10.2 Å². The van der Waals surface area contributed by atoms with Crippen LogP contribution in [0.3, 0.4) is 0 Å². The Morgan fingerprint density at radius 1 is 1.15 bits per heavy atom. The van der Waals surface area contributed by atoms with Crippen LogP contribution in [0, 0.1) is 27.3 Å². The molecular formula is C16H14N10. The van der Waals surface area contributed by atoms with Gasteiger partial charge in [0.25, 0.3) is 5.69 Å². The molecule has 0 atom stereocenters. The summed E-state index contributed by atoms with van der Waals surface area (Å²) in [5, 5.41) is 20.3. The molecule has 0 saturated heterocycles. The van der Waals surface area contributed by atoms with Crippen molar-refractivity contribution in [2.75, 3.05) is 0 Å². The molecule has 0 aromatic carbocycles. The van der Waals surface area contributed by atoms with Crippen LogP contribution in [0.4, 0.5) is 17.2 Å². The van der Waals surface area contributed by atoms with E-state index in [1.165, 1.54) is 4.68 Å². The molecule has 4 rings (SSSR count). The zero-order chi connectivity index (χ0) is 18.3. The summed E-state index contributed by atoms with van der Waals surface area (Å²) in [5.74, 6) is 1.52. The van der Waals surface area contributed by atoms with Crippen molar-refractivity contribution >= 4 is 22.8 Å². The van der Waals surface area contributed by atoms with Crippen LogP contribution in [0.1, 0.15) is 17.2 Å². The second kappa shape index (κ2) is 5.89. The molecule has 0 amide bonds. The Bertz CT molecular complexity index is 1170. The Kier molecular flexibility index (Phi) is 3.54. The van der Waals surface area contributed by atoms with Crippen LogP contribution in [0.2, 0.25) is 0 Å². The van der Waals surface area contributed by atoms with E-state index in [1.807, 2.05) is 19.1 Å². The van der Waals surface area contributed by atoms with E-state index >= 15 is 0 Å². The van der Waals surface area contributed by atoms with Gasteiger partial charge in [0, 0.05) is 6.20 Å². The van der Waals surface area contributed by atoms with Gasteiger partial charge in [-0.25, -0.2) is 19.5 Å². The van der Waals surface area contributed by atoms with Crippen molar-refractivity contribution in [2.45, 2.75) is 20.8 Å². The number of hydrogen-bond acceptors (Lipinski definition) is 6. The lowest BCUT2D eigenvalue weighted by Gasteiger charge is -2.02. The molecule has 0 radical (unpaired) electrons. The van der Waals surface area contributed by atoms with E-state index in [2.05, 4.69) is 40.3 Å². The molecular weight excluding hydrogens is 332 g/mol. The van der Waals surface area contributed by atoms with Gasteiger partial charge in [-0.2, -0.15) is 9.73 Å². The Balaban J connectivity index is 1.86. The molecule has 26 heavy (non-hydrogen) atoms. The second-order valence-corrected chi connectivity index (χ2v) is 5.65. The molecule has 0 spiro atoms. The van der Waals surface area contributed by atoms with Crippen molar-refractivity contribution in [3.8, 4) is 5.82 Å². The summed E-state index contributed by atoms with van der Waals surface area (Å²) in [6.07, 6.45) is 1.66. The van der Waals surface area contributed by atoms with E-state index in [-0.39, 0.29) is 0 Å². The average Bonchev–Trinajstić information content (AvgIpc) is 3.23. The normalized spacial score (nSPS) is 11.5. The van der Waals surface area contributed by atoms with Gasteiger partial charge in [0.2, 0.25) is 5.65 Å². The summed E-state index contributed by atoms with van der Waals surface area (Å²) in [5.41, 5.74) is 2.81. The maximum Gasteiger partial charge on any atom is 0.255 e. The fourth-order valence-electron chi connectivity index (χ4n) is 2.61. The number of nitrogens with zero attached hydrogens (tertiary/aromatic N) is 9. The maximum atomic E-state index is 7.45. The standard InChI is InChI=1S/C16H14N10/c1-9-13(17-4)16(25(22-9)12-7-5-6-8-18-12)21-20-14-10(2)23-26-15(14)19-11(3)24-26/h5-8,23H,1-3H3. The van der Waals surface area contributed by atoms with Gasteiger partial charge in [0.15, 0.2) is 17.3 Å². The highest BCUT2D eigenvalue weighted by molar-refractivity contribution is 5.69. The predicted octanol–water partition coefficient (Wildman–Crippen LogP) is 3.53. The predicted molar refractivity (Wildman–Crippen MR) is 93.3 cm³/mol. The summed E-state index contributed by atoms with van der Waals surface area (Å²) in [7, 11) is 0. The molecule has 0 aliphatic rings. The molecule has 0 fully saturated rings. The van der Waals surface area contributed by atoms with Gasteiger partial charge in [0.1, 0.15) is 5.82 Å². The molecule has 10 nitrogen and oxygen atoms in total. The molecule has 0 aliphatic carbocycles. The van der Waals surface area contributed by atoms with E-state index in [4.69, 9.17) is 6.57 Å². The van der Waals surface area contributed by atoms with Crippen LogP contribution in [-0.2, 0) is 0 Å². The van der Waals surface area contributed by atoms with Gasteiger partial charge >= 0.3 is 0 Å². The van der Waals surface area contributed by atoms with Gasteiger partial charge in [-0.3, -0.25) is 5.10 Å². The first-order valence-corrected chi connectivity index (χ1v) is 7.80. The number of aromatic amines is 1. The molecule has 0 bridgehead atoms. The lowest BCUT2D eigenvalue weighted by Crippen LogP contribution is -1.98. The summed E-state index contributed by atoms with van der Waals surface area (Å²) in [6, 6.07) is 5.45. The van der Waals surface area contributed by atoms with Crippen LogP contribution in [0.25, 0.3) is 16.3 Å². The first-order chi connectivity index (χ1) is 12.6. The third kappa shape index (κ3) is 2.42. The maximum absolute atomic E-state index is 7.45. The van der Waals surface area contributed by atoms with Crippen LogP contribution >= 0.6 is 0 Å². The first kappa shape index (κ1) is 15.6. The topological polar surface area (TPSA) is 106 Å². The van der Waals surface area contributed by atoms with Crippen molar-refractivity contribution in [3.63, 3.8) is 0 Å². The zero-order valence-electron chi connectivity index (χ0n) is 14.3. The van der Waals surface area contributed by atoms with E-state index in [0.29, 0.717) is 40.2 Å². The third-order valence-electron chi connectivity index (χ3n) is 3.78. The average molecular weight is 346 g/mol. The van der Waals surface area contributed by atoms with Crippen molar-refractivity contribution in [1.29, 1.82) is 0 Å². The quantitative estimate of drug-likeness (QED) is 0.452. The van der Waals surface area contributed by atoms with Crippen LogP contribution < -0.4 is 0 Å². The van der Waals surface area contributed by atoms with E-state index in [1.54, 1.807) is 30.7 Å². The van der Waals surface area contributed by atoms with Gasteiger partial charge in [-0.1, -0.05) is 6.07 Å². The highest BCUT2D eigenvalue weighted by atomic mass is 15.5. The zero-order valence-corrected chi connectivity index (χ0v) is 14.3. The smallest absolute Gasteiger partial charge is 0.255 e. The second-order valence-electron chi connectivity index (χ2n) is 5.65. The molecule has 0 aliphatic heterocycles. The fraction of sp³-hybridized carbons (Fsp3) is 0.188. The SMILES string of the molecule is [C-]#[N+]c1c(C)nn(-c2ccccn2)c1N=Nc1c(C)[nH]n2nc(C)nc12. The fourth-order valence-corrected chi connectivity index (χ4v) is 2.61. The Labute approximate surface area is 148 Å². The Morgan fingerprint density at radius 3 is 2.73 bits per heavy atom.